The number of fused-ring (bicyclic) bond motifs is 4. The molecule has 2 bridgehead atoms. The van der Waals surface area contributed by atoms with Crippen molar-refractivity contribution in [3.8, 4) is 5.75 Å². The van der Waals surface area contributed by atoms with Crippen LogP contribution in [0.2, 0.25) is 0 Å². The van der Waals surface area contributed by atoms with Gasteiger partial charge in [0, 0.05) is 31.7 Å². The normalized spacial score (nSPS) is 22.0. The Balaban J connectivity index is 1.86. The number of rotatable bonds is 3. The molecule has 8 nitrogen and oxygen atoms in total. The highest BCUT2D eigenvalue weighted by Crippen LogP contribution is 2.30. The van der Waals surface area contributed by atoms with Gasteiger partial charge in [-0.1, -0.05) is 0 Å². The maximum absolute atomic E-state index is 14.8. The van der Waals surface area contributed by atoms with Crippen molar-refractivity contribution in [3.05, 3.63) is 28.3 Å². The van der Waals surface area contributed by atoms with E-state index in [9.17, 15) is 14.0 Å². The molecule has 2 N–H and O–H groups in total. The Labute approximate surface area is 148 Å². The number of nitrogens with one attached hydrogen (secondary N) is 1. The van der Waals surface area contributed by atoms with E-state index in [-0.39, 0.29) is 23.0 Å². The van der Waals surface area contributed by atoms with Crippen LogP contribution in [0.5, 0.6) is 5.75 Å². The van der Waals surface area contributed by atoms with Gasteiger partial charge in [0.25, 0.3) is 0 Å². The van der Waals surface area contributed by atoms with Crippen LogP contribution in [0.1, 0.15) is 19.8 Å². The minimum absolute atomic E-state index is 0.00661. The van der Waals surface area contributed by atoms with E-state index in [1.54, 1.807) is 4.57 Å². The molecular formula is C17H19FN4O4. The van der Waals surface area contributed by atoms with Crippen molar-refractivity contribution >= 4 is 23.0 Å². The Morgan fingerprint density at radius 1 is 1.50 bits per heavy atom. The minimum Gasteiger partial charge on any atom is -0.449 e. The topological polar surface area (TPSA) is 96.7 Å². The highest BCUT2D eigenvalue weighted by atomic mass is 19.1. The molecule has 2 atom stereocenters. The third-order valence-corrected chi connectivity index (χ3v) is 5.11. The van der Waals surface area contributed by atoms with E-state index < -0.39 is 17.4 Å². The summed E-state index contributed by atoms with van der Waals surface area (Å²) in [7, 11) is 0. The second-order valence-electron chi connectivity index (χ2n) is 6.63. The molecule has 2 aromatic heterocycles. The summed E-state index contributed by atoms with van der Waals surface area (Å²) in [6.07, 6.45) is 1.75. The zero-order valence-corrected chi connectivity index (χ0v) is 14.2. The zero-order valence-electron chi connectivity index (χ0n) is 14.2. The number of aromatic nitrogens is 2. The average Bonchev–Trinajstić information content (AvgIpc) is 2.64. The summed E-state index contributed by atoms with van der Waals surface area (Å²) in [6, 6.07) is 1.63. The molecule has 9 heteroatoms. The highest BCUT2D eigenvalue weighted by Gasteiger charge is 2.35. The van der Waals surface area contributed by atoms with Gasteiger partial charge in [0.1, 0.15) is 5.65 Å². The molecule has 5 heterocycles. The van der Waals surface area contributed by atoms with Gasteiger partial charge in [-0.15, -0.1) is 0 Å². The van der Waals surface area contributed by atoms with E-state index in [1.165, 1.54) is 6.20 Å². The largest absolute Gasteiger partial charge is 0.511 e. The standard InChI is InChI=1S/C17H19FN4O4/c1-2-21-8-13(26-17(24)25)14(23)11-5-12(18)16(20-15(11)21)22-7-9-3-4-10(22)6-19-9/h5,8-10,19H,2-4,6-7H2,1H3,(H,24,25). The van der Waals surface area contributed by atoms with E-state index in [0.29, 0.717) is 24.8 Å². The summed E-state index contributed by atoms with van der Waals surface area (Å²) >= 11 is 0. The summed E-state index contributed by atoms with van der Waals surface area (Å²) in [5.41, 5.74) is -0.368. The van der Waals surface area contributed by atoms with Gasteiger partial charge in [-0.25, -0.2) is 14.2 Å². The minimum atomic E-state index is -1.59. The molecule has 0 amide bonds. The summed E-state index contributed by atoms with van der Waals surface area (Å²) in [6.45, 7) is 3.72. The maximum atomic E-state index is 14.8. The first-order valence-corrected chi connectivity index (χ1v) is 8.62. The molecule has 3 aliphatic rings. The van der Waals surface area contributed by atoms with E-state index in [2.05, 4.69) is 15.0 Å². The number of hydrogen-bond donors (Lipinski definition) is 2. The number of halogens is 1. The number of anilines is 1. The Morgan fingerprint density at radius 2 is 2.31 bits per heavy atom. The van der Waals surface area contributed by atoms with Crippen molar-refractivity contribution in [3.63, 3.8) is 0 Å². The van der Waals surface area contributed by atoms with Gasteiger partial charge in [0.05, 0.1) is 11.6 Å². The quantitative estimate of drug-likeness (QED) is 0.800. The first-order chi connectivity index (χ1) is 12.5. The van der Waals surface area contributed by atoms with Crippen LogP contribution >= 0.6 is 0 Å². The van der Waals surface area contributed by atoms with Gasteiger partial charge in [-0.2, -0.15) is 0 Å². The predicted molar refractivity (Wildman–Crippen MR) is 92.4 cm³/mol. The predicted octanol–water partition coefficient (Wildman–Crippen LogP) is 1.55. The van der Waals surface area contributed by atoms with Gasteiger partial charge >= 0.3 is 6.16 Å². The van der Waals surface area contributed by atoms with Crippen molar-refractivity contribution in [2.45, 2.75) is 38.4 Å². The van der Waals surface area contributed by atoms with Crippen LogP contribution in [0.25, 0.3) is 11.0 Å². The lowest BCUT2D eigenvalue weighted by atomic mass is 9.93. The Bertz CT molecular complexity index is 936. The van der Waals surface area contributed by atoms with Gasteiger partial charge in [0.2, 0.25) is 5.43 Å². The van der Waals surface area contributed by atoms with Gasteiger partial charge in [0.15, 0.2) is 17.4 Å². The first kappa shape index (κ1) is 16.8. The first-order valence-electron chi connectivity index (χ1n) is 8.62. The Hall–Kier alpha value is -2.68. The fourth-order valence-electron chi connectivity index (χ4n) is 3.83. The van der Waals surface area contributed by atoms with Gasteiger partial charge in [-0.3, -0.25) is 4.79 Å². The Kier molecular flexibility index (Phi) is 4.03. The molecule has 2 aromatic rings. The Morgan fingerprint density at radius 3 is 2.88 bits per heavy atom. The van der Waals surface area contributed by atoms with Crippen molar-refractivity contribution in [1.82, 2.24) is 14.9 Å². The molecule has 0 radical (unpaired) electrons. The average molecular weight is 362 g/mol. The highest BCUT2D eigenvalue weighted by molar-refractivity contribution is 5.79. The number of piperazine rings is 1. The van der Waals surface area contributed by atoms with Gasteiger partial charge in [-0.05, 0) is 25.8 Å². The lowest BCUT2D eigenvalue weighted by Gasteiger charge is -2.46. The third kappa shape index (κ3) is 2.68. The molecule has 138 valence electrons. The molecule has 3 fully saturated rings. The smallest absolute Gasteiger partial charge is 0.449 e. The van der Waals surface area contributed by atoms with Crippen LogP contribution < -0.4 is 20.4 Å². The number of nitrogens with zero attached hydrogens (tertiary/aromatic N) is 3. The summed E-state index contributed by atoms with van der Waals surface area (Å²) < 4.78 is 20.9. The SMILES string of the molecule is CCn1cc(OC(=O)O)c(=O)c2cc(F)c(N3CC4CCC3CN4)nc21. The number of hydrogen-bond acceptors (Lipinski definition) is 6. The molecule has 3 aliphatic heterocycles. The zero-order chi connectivity index (χ0) is 18.4. The van der Waals surface area contributed by atoms with Crippen LogP contribution in [0.15, 0.2) is 17.1 Å². The molecule has 26 heavy (non-hydrogen) atoms. The van der Waals surface area contributed by atoms with Crippen molar-refractivity contribution < 1.29 is 19.0 Å². The van der Waals surface area contributed by atoms with Crippen LogP contribution in [0.4, 0.5) is 15.0 Å². The number of pyridine rings is 2. The lowest BCUT2D eigenvalue weighted by molar-refractivity contribution is 0.144. The molecule has 3 saturated heterocycles. The monoisotopic (exact) mass is 362 g/mol. The lowest BCUT2D eigenvalue weighted by Crippen LogP contribution is -2.61. The van der Waals surface area contributed by atoms with Crippen LogP contribution in [0.3, 0.4) is 0 Å². The van der Waals surface area contributed by atoms with Crippen molar-refractivity contribution in [2.24, 2.45) is 0 Å². The fourth-order valence-corrected chi connectivity index (χ4v) is 3.83. The molecule has 0 saturated carbocycles. The molecule has 0 aliphatic carbocycles. The summed E-state index contributed by atoms with van der Waals surface area (Å²) in [5, 5.41) is 12.2. The second-order valence-corrected chi connectivity index (χ2v) is 6.63. The van der Waals surface area contributed by atoms with Crippen LogP contribution in [-0.2, 0) is 6.54 Å². The number of carbonyl (C=O) groups is 1. The number of carboxylic acid groups (broad SMARTS) is 1. The molecule has 5 rings (SSSR count). The van der Waals surface area contributed by atoms with Crippen LogP contribution in [-0.4, -0.2) is 46.0 Å². The molecule has 2 unspecified atom stereocenters. The fraction of sp³-hybridized carbons (Fsp3) is 0.471. The third-order valence-electron chi connectivity index (χ3n) is 5.11. The number of piperidine rings is 2. The van der Waals surface area contributed by atoms with Crippen LogP contribution in [0, 0.1) is 5.82 Å². The molecule has 0 spiro atoms. The van der Waals surface area contributed by atoms with E-state index in [1.807, 2.05) is 11.8 Å². The summed E-state index contributed by atoms with van der Waals surface area (Å²) in [5.74, 6) is -0.707. The summed E-state index contributed by atoms with van der Waals surface area (Å²) in [4.78, 5) is 29.7. The van der Waals surface area contributed by atoms with Gasteiger partial charge < -0.3 is 24.6 Å². The van der Waals surface area contributed by atoms with E-state index >= 15 is 0 Å². The van der Waals surface area contributed by atoms with Crippen molar-refractivity contribution in [2.75, 3.05) is 18.0 Å². The molecular weight excluding hydrogens is 343 g/mol. The molecule has 0 aromatic carbocycles. The number of ether oxygens (including phenoxy) is 1. The van der Waals surface area contributed by atoms with Crippen molar-refractivity contribution in [1.29, 1.82) is 0 Å². The second kappa shape index (κ2) is 6.24. The van der Waals surface area contributed by atoms with E-state index in [0.717, 1.165) is 25.5 Å². The number of aryl methyl sites for hydroxylation is 1. The maximum Gasteiger partial charge on any atom is 0.511 e. The van der Waals surface area contributed by atoms with E-state index in [4.69, 9.17) is 5.11 Å².